The highest BCUT2D eigenvalue weighted by molar-refractivity contribution is 7.99. The molecule has 1 aromatic carbocycles. The van der Waals surface area contributed by atoms with Crippen molar-refractivity contribution < 1.29 is 0 Å². The molecule has 0 amide bonds. The zero-order valence-corrected chi connectivity index (χ0v) is 12.6. The fourth-order valence-electron chi connectivity index (χ4n) is 1.91. The van der Waals surface area contributed by atoms with Gasteiger partial charge in [-0.1, -0.05) is 32.9 Å². The predicted octanol–water partition coefficient (Wildman–Crippen LogP) is 4.22. The van der Waals surface area contributed by atoms with E-state index in [1.807, 2.05) is 11.8 Å². The van der Waals surface area contributed by atoms with Gasteiger partial charge in [0.2, 0.25) is 0 Å². The van der Waals surface area contributed by atoms with Crippen LogP contribution < -0.4 is 5.32 Å². The van der Waals surface area contributed by atoms with Crippen LogP contribution in [0, 0.1) is 0 Å². The topological polar surface area (TPSA) is 12.0 Å². The lowest BCUT2D eigenvalue weighted by Gasteiger charge is -2.19. The van der Waals surface area contributed by atoms with Crippen LogP contribution in [0.1, 0.15) is 45.6 Å². The quantitative estimate of drug-likeness (QED) is 0.609. The maximum atomic E-state index is 3.56. The molecule has 0 spiro atoms. The number of rotatable bonds is 6. The summed E-state index contributed by atoms with van der Waals surface area (Å²) in [5, 5.41) is 3.56. The molecule has 0 saturated heterocycles. The van der Waals surface area contributed by atoms with Gasteiger partial charge in [0, 0.05) is 10.9 Å². The minimum absolute atomic E-state index is 0.261. The average molecular weight is 263 g/mol. The van der Waals surface area contributed by atoms with E-state index in [1.165, 1.54) is 42.0 Å². The van der Waals surface area contributed by atoms with Crippen molar-refractivity contribution in [3.8, 4) is 0 Å². The SMILES string of the molecule is CC(C)(C)c1ccc(SCCCNC2CC2)cc1. The first kappa shape index (κ1) is 14.0. The van der Waals surface area contributed by atoms with Crippen molar-refractivity contribution in [1.82, 2.24) is 5.32 Å². The summed E-state index contributed by atoms with van der Waals surface area (Å²) in [5.41, 5.74) is 1.68. The van der Waals surface area contributed by atoms with Gasteiger partial charge >= 0.3 is 0 Å². The van der Waals surface area contributed by atoms with E-state index < -0.39 is 0 Å². The van der Waals surface area contributed by atoms with Gasteiger partial charge in [-0.15, -0.1) is 11.8 Å². The Morgan fingerprint density at radius 3 is 2.39 bits per heavy atom. The lowest BCUT2D eigenvalue weighted by molar-refractivity contribution is 0.590. The molecule has 1 fully saturated rings. The molecule has 0 unspecified atom stereocenters. The average Bonchev–Trinajstić information content (AvgIpc) is 3.12. The molecule has 1 N–H and O–H groups in total. The van der Waals surface area contributed by atoms with Crippen LogP contribution in [0.15, 0.2) is 29.2 Å². The Bertz CT molecular complexity index is 360. The van der Waals surface area contributed by atoms with Gasteiger partial charge in [-0.2, -0.15) is 0 Å². The summed E-state index contributed by atoms with van der Waals surface area (Å²) in [6.07, 6.45) is 4.05. The zero-order chi connectivity index (χ0) is 13.0. The van der Waals surface area contributed by atoms with Gasteiger partial charge in [0.05, 0.1) is 0 Å². The summed E-state index contributed by atoms with van der Waals surface area (Å²) in [7, 11) is 0. The van der Waals surface area contributed by atoms with Crippen molar-refractivity contribution >= 4 is 11.8 Å². The van der Waals surface area contributed by atoms with Gasteiger partial charge in [-0.25, -0.2) is 0 Å². The molecule has 0 radical (unpaired) electrons. The van der Waals surface area contributed by atoms with E-state index >= 15 is 0 Å². The van der Waals surface area contributed by atoms with E-state index in [1.54, 1.807) is 0 Å². The third kappa shape index (κ3) is 4.66. The first-order valence-electron chi connectivity index (χ1n) is 7.02. The number of benzene rings is 1. The number of hydrogen-bond donors (Lipinski definition) is 1. The molecule has 0 aliphatic heterocycles. The third-order valence-electron chi connectivity index (χ3n) is 3.32. The molecule has 2 heteroatoms. The molecular formula is C16H25NS. The van der Waals surface area contributed by atoms with E-state index in [-0.39, 0.29) is 5.41 Å². The molecule has 1 aliphatic carbocycles. The second kappa shape index (κ2) is 6.12. The van der Waals surface area contributed by atoms with Crippen molar-refractivity contribution in [3.05, 3.63) is 29.8 Å². The smallest absolute Gasteiger partial charge is 0.00721 e. The molecule has 1 saturated carbocycles. The lowest BCUT2D eigenvalue weighted by atomic mass is 9.87. The summed E-state index contributed by atoms with van der Waals surface area (Å²) in [4.78, 5) is 1.40. The van der Waals surface area contributed by atoms with Gasteiger partial charge < -0.3 is 5.32 Å². The second-order valence-corrected chi connectivity index (χ2v) is 7.37. The Balaban J connectivity index is 1.69. The zero-order valence-electron chi connectivity index (χ0n) is 11.8. The van der Waals surface area contributed by atoms with Gasteiger partial charge in [-0.05, 0) is 54.7 Å². The van der Waals surface area contributed by atoms with Crippen LogP contribution in [-0.2, 0) is 5.41 Å². The molecule has 0 atom stereocenters. The minimum Gasteiger partial charge on any atom is -0.314 e. The van der Waals surface area contributed by atoms with Crippen LogP contribution in [0.4, 0.5) is 0 Å². The molecular weight excluding hydrogens is 238 g/mol. The molecule has 2 rings (SSSR count). The number of thioether (sulfide) groups is 1. The normalized spacial score (nSPS) is 15.9. The number of hydrogen-bond acceptors (Lipinski definition) is 2. The van der Waals surface area contributed by atoms with Gasteiger partial charge in [0.25, 0.3) is 0 Å². The van der Waals surface area contributed by atoms with Crippen LogP contribution >= 0.6 is 11.8 Å². The molecule has 0 aromatic heterocycles. The highest BCUT2D eigenvalue weighted by Crippen LogP contribution is 2.26. The fraction of sp³-hybridized carbons (Fsp3) is 0.625. The Labute approximate surface area is 116 Å². The van der Waals surface area contributed by atoms with Crippen molar-refractivity contribution in [2.75, 3.05) is 12.3 Å². The van der Waals surface area contributed by atoms with E-state index in [0.717, 1.165) is 6.04 Å². The molecule has 1 nitrogen and oxygen atoms in total. The Kier molecular flexibility index (Phi) is 4.74. The van der Waals surface area contributed by atoms with Crippen LogP contribution in [0.5, 0.6) is 0 Å². The van der Waals surface area contributed by atoms with Gasteiger partial charge in [0.1, 0.15) is 0 Å². The molecule has 100 valence electrons. The molecule has 18 heavy (non-hydrogen) atoms. The van der Waals surface area contributed by atoms with Crippen LogP contribution in [-0.4, -0.2) is 18.3 Å². The Morgan fingerprint density at radius 2 is 1.83 bits per heavy atom. The molecule has 1 aromatic rings. The fourth-order valence-corrected chi connectivity index (χ4v) is 2.76. The highest BCUT2D eigenvalue weighted by Gasteiger charge is 2.19. The maximum Gasteiger partial charge on any atom is 0.00721 e. The van der Waals surface area contributed by atoms with E-state index in [2.05, 4.69) is 50.4 Å². The summed E-state index contributed by atoms with van der Waals surface area (Å²) in [6, 6.07) is 9.91. The van der Waals surface area contributed by atoms with Crippen molar-refractivity contribution in [2.24, 2.45) is 0 Å². The first-order chi connectivity index (χ1) is 8.55. The number of nitrogens with one attached hydrogen (secondary N) is 1. The summed E-state index contributed by atoms with van der Waals surface area (Å²) < 4.78 is 0. The van der Waals surface area contributed by atoms with Gasteiger partial charge in [-0.3, -0.25) is 0 Å². The third-order valence-corrected chi connectivity index (χ3v) is 4.42. The van der Waals surface area contributed by atoms with Crippen molar-refractivity contribution in [2.45, 2.75) is 56.4 Å². The van der Waals surface area contributed by atoms with Crippen molar-refractivity contribution in [1.29, 1.82) is 0 Å². The highest BCUT2D eigenvalue weighted by atomic mass is 32.2. The summed E-state index contributed by atoms with van der Waals surface area (Å²) in [5.74, 6) is 1.22. The minimum atomic E-state index is 0.261. The summed E-state index contributed by atoms with van der Waals surface area (Å²) >= 11 is 1.97. The lowest BCUT2D eigenvalue weighted by Crippen LogP contribution is -2.17. The molecule has 1 aliphatic rings. The first-order valence-corrected chi connectivity index (χ1v) is 8.01. The van der Waals surface area contributed by atoms with Crippen LogP contribution in [0.3, 0.4) is 0 Å². The van der Waals surface area contributed by atoms with E-state index in [0.29, 0.717) is 0 Å². The van der Waals surface area contributed by atoms with Gasteiger partial charge in [0.15, 0.2) is 0 Å². The predicted molar refractivity (Wildman–Crippen MR) is 81.5 cm³/mol. The molecule has 0 bridgehead atoms. The van der Waals surface area contributed by atoms with Crippen molar-refractivity contribution in [3.63, 3.8) is 0 Å². The monoisotopic (exact) mass is 263 g/mol. The second-order valence-electron chi connectivity index (χ2n) is 6.20. The largest absolute Gasteiger partial charge is 0.314 e. The Morgan fingerprint density at radius 1 is 1.17 bits per heavy atom. The molecule has 0 heterocycles. The standard InChI is InChI=1S/C16H25NS/c1-16(2,3)13-5-9-15(10-6-13)18-12-4-11-17-14-7-8-14/h5-6,9-10,14,17H,4,7-8,11-12H2,1-3H3. The van der Waals surface area contributed by atoms with E-state index in [9.17, 15) is 0 Å². The van der Waals surface area contributed by atoms with E-state index in [4.69, 9.17) is 0 Å². The van der Waals surface area contributed by atoms with Crippen LogP contribution in [0.25, 0.3) is 0 Å². The Hall–Kier alpha value is -0.470. The summed E-state index contributed by atoms with van der Waals surface area (Å²) in [6.45, 7) is 7.97. The maximum absolute atomic E-state index is 3.56. The van der Waals surface area contributed by atoms with Crippen LogP contribution in [0.2, 0.25) is 0 Å².